The van der Waals surface area contributed by atoms with Crippen molar-refractivity contribution in [3.05, 3.63) is 34.3 Å². The van der Waals surface area contributed by atoms with E-state index >= 15 is 0 Å². The monoisotopic (exact) mass is 400 g/mol. The van der Waals surface area contributed by atoms with E-state index in [1.165, 1.54) is 6.07 Å². The van der Waals surface area contributed by atoms with Crippen LogP contribution in [0.15, 0.2) is 18.2 Å². The Hall–Kier alpha value is -2.27. The van der Waals surface area contributed by atoms with Crippen molar-refractivity contribution in [2.24, 2.45) is 0 Å². The van der Waals surface area contributed by atoms with Crippen LogP contribution in [0.2, 0.25) is 0 Å². The molecule has 0 radical (unpaired) electrons. The van der Waals surface area contributed by atoms with Crippen molar-refractivity contribution in [1.82, 2.24) is 19.5 Å². The molecule has 0 saturated carbocycles. The molecule has 0 unspecified atom stereocenters. The Morgan fingerprint density at radius 3 is 2.77 bits per heavy atom. The Balaban J connectivity index is 1.45. The number of amides is 1. The average molecular weight is 400 g/mol. The standard InChI is InChI=1S/C15H11F3N4O2S2/c1-7-12(26-21-20-7)13(23)22-5-8(6-22)24-14-19-11-9(15(16,17)18)3-2-4-10(11)25-14/h2-4,8H,5-6H2,1H3. The number of hydrogen-bond acceptors (Lipinski definition) is 7. The molecule has 3 heterocycles. The maximum absolute atomic E-state index is 13.0. The van der Waals surface area contributed by atoms with Gasteiger partial charge in [0.2, 0.25) is 0 Å². The van der Waals surface area contributed by atoms with Crippen LogP contribution in [0.5, 0.6) is 5.19 Å². The van der Waals surface area contributed by atoms with Gasteiger partial charge in [-0.1, -0.05) is 21.9 Å². The van der Waals surface area contributed by atoms with Crippen molar-refractivity contribution >= 4 is 39.0 Å². The Kier molecular flexibility index (Phi) is 4.07. The minimum absolute atomic E-state index is 0.112. The normalized spacial score (nSPS) is 15.3. The van der Waals surface area contributed by atoms with E-state index in [9.17, 15) is 18.0 Å². The summed E-state index contributed by atoms with van der Waals surface area (Å²) in [6, 6.07) is 3.93. The van der Waals surface area contributed by atoms with Crippen LogP contribution >= 0.6 is 22.9 Å². The number of benzene rings is 1. The van der Waals surface area contributed by atoms with Crippen molar-refractivity contribution in [3.8, 4) is 5.19 Å². The fraction of sp³-hybridized carbons (Fsp3) is 0.333. The van der Waals surface area contributed by atoms with Crippen molar-refractivity contribution in [3.63, 3.8) is 0 Å². The van der Waals surface area contributed by atoms with Crippen LogP contribution in [0.1, 0.15) is 20.9 Å². The first kappa shape index (κ1) is 17.2. The molecular weight excluding hydrogens is 389 g/mol. The van der Waals surface area contributed by atoms with E-state index in [0.29, 0.717) is 28.4 Å². The van der Waals surface area contributed by atoms with Gasteiger partial charge >= 0.3 is 6.18 Å². The molecule has 11 heteroatoms. The largest absolute Gasteiger partial charge is 0.463 e. The minimum atomic E-state index is -4.47. The Morgan fingerprint density at radius 2 is 2.12 bits per heavy atom. The highest BCUT2D eigenvalue weighted by molar-refractivity contribution is 7.20. The molecule has 2 aromatic heterocycles. The summed E-state index contributed by atoms with van der Waals surface area (Å²) in [7, 11) is 0. The molecule has 0 N–H and O–H groups in total. The van der Waals surface area contributed by atoms with Crippen molar-refractivity contribution in [2.75, 3.05) is 13.1 Å². The number of ether oxygens (including phenoxy) is 1. The lowest BCUT2D eigenvalue weighted by Gasteiger charge is -2.37. The van der Waals surface area contributed by atoms with E-state index in [-0.39, 0.29) is 22.7 Å². The van der Waals surface area contributed by atoms with E-state index in [0.717, 1.165) is 28.9 Å². The third-order valence-electron chi connectivity index (χ3n) is 3.95. The van der Waals surface area contributed by atoms with Gasteiger partial charge in [-0.25, -0.2) is 4.98 Å². The van der Waals surface area contributed by atoms with Gasteiger partial charge in [0.15, 0.2) is 0 Å². The lowest BCUT2D eigenvalue weighted by atomic mass is 10.1. The van der Waals surface area contributed by atoms with Crippen LogP contribution < -0.4 is 4.74 Å². The maximum Gasteiger partial charge on any atom is 0.418 e. The van der Waals surface area contributed by atoms with Gasteiger partial charge in [0.05, 0.1) is 34.6 Å². The van der Waals surface area contributed by atoms with Gasteiger partial charge in [-0.3, -0.25) is 4.79 Å². The number of aryl methyl sites for hydroxylation is 1. The molecule has 136 valence electrons. The fourth-order valence-corrected chi connectivity index (χ4v) is 4.13. The first-order valence-corrected chi connectivity index (χ1v) is 9.13. The summed E-state index contributed by atoms with van der Waals surface area (Å²) in [6.07, 6.45) is -4.76. The zero-order chi connectivity index (χ0) is 18.5. The predicted octanol–water partition coefficient (Wildman–Crippen LogP) is 3.38. The number of likely N-dealkylation sites (tertiary alicyclic amines) is 1. The highest BCUT2D eigenvalue weighted by atomic mass is 32.1. The number of rotatable bonds is 3. The summed E-state index contributed by atoms with van der Waals surface area (Å²) in [5.74, 6) is -0.166. The molecule has 0 aliphatic carbocycles. The number of para-hydroxylation sites is 1. The van der Waals surface area contributed by atoms with Crippen molar-refractivity contribution in [1.29, 1.82) is 0 Å². The molecule has 1 aliphatic heterocycles. The first-order valence-electron chi connectivity index (χ1n) is 7.54. The van der Waals surface area contributed by atoms with E-state index < -0.39 is 11.7 Å². The number of alkyl halides is 3. The topological polar surface area (TPSA) is 68.2 Å². The second-order valence-electron chi connectivity index (χ2n) is 5.77. The van der Waals surface area contributed by atoms with E-state index in [2.05, 4.69) is 14.6 Å². The molecule has 0 bridgehead atoms. The highest BCUT2D eigenvalue weighted by Crippen LogP contribution is 2.38. The van der Waals surface area contributed by atoms with Crippen LogP contribution in [0.4, 0.5) is 13.2 Å². The Bertz CT molecular complexity index is 979. The van der Waals surface area contributed by atoms with E-state index in [4.69, 9.17) is 4.74 Å². The molecule has 3 aromatic rings. The molecule has 1 amide bonds. The molecule has 1 saturated heterocycles. The van der Waals surface area contributed by atoms with Gasteiger partial charge in [0.25, 0.3) is 11.1 Å². The molecule has 4 rings (SSSR count). The quantitative estimate of drug-likeness (QED) is 0.674. The number of thiazole rings is 1. The number of halogens is 3. The summed E-state index contributed by atoms with van der Waals surface area (Å²) in [6.45, 7) is 2.40. The highest BCUT2D eigenvalue weighted by Gasteiger charge is 2.36. The number of nitrogens with zero attached hydrogens (tertiary/aromatic N) is 4. The Labute approximate surface area is 153 Å². The van der Waals surface area contributed by atoms with Gasteiger partial charge < -0.3 is 9.64 Å². The molecule has 1 aliphatic rings. The summed E-state index contributed by atoms with van der Waals surface area (Å²) < 4.78 is 48.9. The van der Waals surface area contributed by atoms with Gasteiger partial charge in [-0.05, 0) is 30.6 Å². The number of aromatic nitrogens is 3. The first-order chi connectivity index (χ1) is 12.3. The third-order valence-corrected chi connectivity index (χ3v) is 5.68. The van der Waals surface area contributed by atoms with Gasteiger partial charge in [-0.15, -0.1) is 5.10 Å². The second kappa shape index (κ2) is 6.16. The minimum Gasteiger partial charge on any atom is -0.463 e. The summed E-state index contributed by atoms with van der Waals surface area (Å²) in [4.78, 5) is 18.3. The van der Waals surface area contributed by atoms with Crippen LogP contribution in [-0.2, 0) is 6.18 Å². The van der Waals surface area contributed by atoms with Crippen LogP contribution in [0.3, 0.4) is 0 Å². The van der Waals surface area contributed by atoms with E-state index in [1.54, 1.807) is 17.9 Å². The number of carbonyl (C=O) groups is 1. The van der Waals surface area contributed by atoms with Crippen LogP contribution in [0.25, 0.3) is 10.2 Å². The molecule has 26 heavy (non-hydrogen) atoms. The number of hydrogen-bond donors (Lipinski definition) is 0. The lowest BCUT2D eigenvalue weighted by molar-refractivity contribution is -0.136. The number of carbonyl (C=O) groups excluding carboxylic acids is 1. The van der Waals surface area contributed by atoms with E-state index in [1.807, 2.05) is 0 Å². The zero-order valence-corrected chi connectivity index (χ0v) is 14.9. The van der Waals surface area contributed by atoms with Crippen molar-refractivity contribution in [2.45, 2.75) is 19.2 Å². The summed E-state index contributed by atoms with van der Waals surface area (Å²) in [5, 5.41) is 3.98. The van der Waals surface area contributed by atoms with Crippen molar-refractivity contribution < 1.29 is 22.7 Å². The molecule has 1 aromatic carbocycles. The average Bonchev–Trinajstić information content (AvgIpc) is 3.13. The Morgan fingerprint density at radius 1 is 1.35 bits per heavy atom. The third kappa shape index (κ3) is 3.01. The lowest BCUT2D eigenvalue weighted by Crippen LogP contribution is -2.56. The predicted molar refractivity (Wildman–Crippen MR) is 89.6 cm³/mol. The SMILES string of the molecule is Cc1nnsc1C(=O)N1CC(Oc2nc3c(C(F)(F)F)cccc3s2)C1. The smallest absolute Gasteiger partial charge is 0.418 e. The van der Waals surface area contributed by atoms with Crippen LogP contribution in [-0.4, -0.2) is 44.6 Å². The fourth-order valence-electron chi connectivity index (χ4n) is 2.60. The maximum atomic E-state index is 13.0. The molecule has 0 spiro atoms. The second-order valence-corrected chi connectivity index (χ2v) is 7.51. The molecule has 6 nitrogen and oxygen atoms in total. The van der Waals surface area contributed by atoms with Gasteiger partial charge in [-0.2, -0.15) is 13.2 Å². The van der Waals surface area contributed by atoms with Crippen LogP contribution in [0, 0.1) is 6.92 Å². The molecule has 1 fully saturated rings. The molecular formula is C15H11F3N4O2S2. The molecule has 0 atom stereocenters. The number of fused-ring (bicyclic) bond motifs is 1. The summed E-state index contributed by atoms with van der Waals surface area (Å²) in [5.41, 5.74) is -0.312. The van der Waals surface area contributed by atoms with Gasteiger partial charge in [0.1, 0.15) is 11.0 Å². The summed E-state index contributed by atoms with van der Waals surface area (Å²) >= 11 is 2.10. The zero-order valence-electron chi connectivity index (χ0n) is 13.3. The van der Waals surface area contributed by atoms with Gasteiger partial charge in [0, 0.05) is 0 Å².